The van der Waals surface area contributed by atoms with Gasteiger partial charge in [-0.1, -0.05) is 65.7 Å². The maximum Gasteiger partial charge on any atom is 0.270 e. The van der Waals surface area contributed by atoms with Gasteiger partial charge in [0.1, 0.15) is 6.29 Å². The van der Waals surface area contributed by atoms with Crippen LogP contribution in [0, 0.1) is 13.8 Å². The van der Waals surface area contributed by atoms with Crippen LogP contribution >= 0.6 is 7.44 Å². The van der Waals surface area contributed by atoms with Gasteiger partial charge < -0.3 is 14.1 Å². The summed E-state index contributed by atoms with van der Waals surface area (Å²) in [6.07, 6.45) is 2.02. The quantitative estimate of drug-likeness (QED) is 0.327. The summed E-state index contributed by atoms with van der Waals surface area (Å²) in [5.41, 5.74) is 4.75. The maximum atomic E-state index is 15.2. The predicted molar refractivity (Wildman–Crippen MR) is 129 cm³/mol. The van der Waals surface area contributed by atoms with Crippen molar-refractivity contribution in [2.75, 3.05) is 22.4 Å². The zero-order valence-electron chi connectivity index (χ0n) is 18.1. The number of hydrogen-bond acceptors (Lipinski definition) is 2. The van der Waals surface area contributed by atoms with Crippen molar-refractivity contribution in [2.24, 2.45) is 0 Å². The average Bonchev–Trinajstić information content (AvgIpc) is 2.79. The first kappa shape index (κ1) is 21.4. The van der Waals surface area contributed by atoms with Gasteiger partial charge in [0, 0.05) is 30.9 Å². The topological polar surface area (TPSA) is 40.6 Å². The van der Waals surface area contributed by atoms with E-state index in [1.807, 2.05) is 54.6 Å². The summed E-state index contributed by atoms with van der Waals surface area (Å²) in [6, 6.07) is 26.2. The van der Waals surface area contributed by atoms with Gasteiger partial charge in [-0.15, -0.1) is 0 Å². The summed E-state index contributed by atoms with van der Waals surface area (Å²) in [7, 11) is -3.22. The molecule has 1 heterocycles. The minimum atomic E-state index is -3.22. The molecular weight excluding hydrogens is 403 g/mol. The largest absolute Gasteiger partial charge is 0.306 e. The Labute approximate surface area is 185 Å². The van der Waals surface area contributed by atoms with Gasteiger partial charge in [0.05, 0.1) is 5.66 Å². The number of benzene rings is 3. The fourth-order valence-corrected chi connectivity index (χ4v) is 8.02. The molecule has 5 heteroatoms. The third-order valence-electron chi connectivity index (χ3n) is 6.01. The molecular formula is C26H29N2O2P. The van der Waals surface area contributed by atoms with E-state index < -0.39 is 13.1 Å². The molecule has 31 heavy (non-hydrogen) atoms. The molecule has 1 atom stereocenters. The molecule has 0 bridgehead atoms. The Hall–Kier alpha value is -2.84. The van der Waals surface area contributed by atoms with E-state index in [9.17, 15) is 4.79 Å². The van der Waals surface area contributed by atoms with E-state index in [2.05, 4.69) is 47.5 Å². The molecule has 0 radical (unpaired) electrons. The molecule has 3 aromatic rings. The van der Waals surface area contributed by atoms with E-state index in [0.29, 0.717) is 13.1 Å². The average molecular weight is 433 g/mol. The van der Waals surface area contributed by atoms with E-state index in [1.54, 1.807) is 0 Å². The fraction of sp³-hybridized carbons (Fsp3) is 0.269. The van der Waals surface area contributed by atoms with Crippen LogP contribution < -0.4 is 9.34 Å². The lowest BCUT2D eigenvalue weighted by Crippen LogP contribution is -2.41. The molecule has 1 aliphatic rings. The van der Waals surface area contributed by atoms with E-state index in [-0.39, 0.29) is 6.42 Å². The van der Waals surface area contributed by atoms with Crippen molar-refractivity contribution in [1.82, 2.24) is 0 Å². The normalized spacial score (nSPS) is 16.7. The molecule has 1 saturated heterocycles. The van der Waals surface area contributed by atoms with Crippen LogP contribution in [0.2, 0.25) is 0 Å². The van der Waals surface area contributed by atoms with Gasteiger partial charge in [-0.2, -0.15) is 0 Å². The van der Waals surface area contributed by atoms with Crippen LogP contribution in [0.15, 0.2) is 78.9 Å². The first-order chi connectivity index (χ1) is 15.0. The molecule has 0 aromatic heterocycles. The number of carbonyl (C=O) groups is 1. The standard InChI is InChI=1S/C26H29N2O2P/c1-21-9-13-24(14-10-21)27-18-6-19-28(25-15-11-22(2)12-16-25)31(27,30)26(17-20-29)23-7-4-3-5-8-23/h3-5,7-16,20,26H,6,17-19H2,1-2H3. The Morgan fingerprint density at radius 1 is 0.806 bits per heavy atom. The molecule has 0 amide bonds. The molecule has 1 fully saturated rings. The second-order valence-electron chi connectivity index (χ2n) is 8.19. The summed E-state index contributed by atoms with van der Waals surface area (Å²) < 4.78 is 19.4. The zero-order chi connectivity index (χ0) is 21.8. The van der Waals surface area contributed by atoms with Crippen molar-refractivity contribution in [3.05, 3.63) is 95.6 Å². The molecule has 4 nitrogen and oxygen atoms in total. The number of rotatable bonds is 6. The highest BCUT2D eigenvalue weighted by atomic mass is 31.2. The molecule has 1 aliphatic heterocycles. The molecule has 0 spiro atoms. The van der Waals surface area contributed by atoms with E-state index in [1.165, 1.54) is 11.1 Å². The van der Waals surface area contributed by atoms with Crippen LogP contribution in [0.5, 0.6) is 0 Å². The van der Waals surface area contributed by atoms with Crippen molar-refractivity contribution in [3.8, 4) is 0 Å². The van der Waals surface area contributed by atoms with Crippen molar-refractivity contribution in [1.29, 1.82) is 0 Å². The monoisotopic (exact) mass is 432 g/mol. The van der Waals surface area contributed by atoms with E-state index >= 15 is 4.57 Å². The minimum Gasteiger partial charge on any atom is -0.306 e. The number of hydrogen-bond donors (Lipinski definition) is 0. The van der Waals surface area contributed by atoms with E-state index in [0.717, 1.165) is 29.6 Å². The predicted octanol–water partition coefficient (Wildman–Crippen LogP) is 6.54. The van der Waals surface area contributed by atoms with Crippen LogP contribution in [0.3, 0.4) is 0 Å². The Morgan fingerprint density at radius 3 is 1.74 bits per heavy atom. The van der Waals surface area contributed by atoms with Gasteiger partial charge in [0.25, 0.3) is 7.44 Å². The van der Waals surface area contributed by atoms with Crippen LogP contribution in [0.4, 0.5) is 11.4 Å². The smallest absolute Gasteiger partial charge is 0.270 e. The highest BCUT2D eigenvalue weighted by Crippen LogP contribution is 2.68. The number of anilines is 2. The van der Waals surface area contributed by atoms with Crippen molar-refractivity contribution >= 4 is 25.1 Å². The van der Waals surface area contributed by atoms with Crippen LogP contribution in [0.1, 0.15) is 35.2 Å². The Morgan fingerprint density at radius 2 is 1.29 bits per heavy atom. The number of nitrogens with zero attached hydrogens (tertiary/aromatic N) is 2. The fourth-order valence-electron chi connectivity index (χ4n) is 4.38. The van der Waals surface area contributed by atoms with Crippen molar-refractivity contribution in [2.45, 2.75) is 32.3 Å². The highest BCUT2D eigenvalue weighted by Gasteiger charge is 2.47. The van der Waals surface area contributed by atoms with E-state index in [4.69, 9.17) is 0 Å². The minimum absolute atomic E-state index is 0.214. The molecule has 0 saturated carbocycles. The van der Waals surface area contributed by atoms with Gasteiger partial charge in [-0.25, -0.2) is 0 Å². The second kappa shape index (κ2) is 9.11. The Bertz CT molecular complexity index is 1010. The van der Waals surface area contributed by atoms with Crippen molar-refractivity contribution < 1.29 is 9.36 Å². The summed E-state index contributed by atoms with van der Waals surface area (Å²) in [5.74, 6) is 0. The summed E-state index contributed by atoms with van der Waals surface area (Å²) in [5, 5.41) is 0. The third-order valence-corrected chi connectivity index (χ3v) is 9.57. The summed E-state index contributed by atoms with van der Waals surface area (Å²) in [6.45, 7) is 5.50. The van der Waals surface area contributed by atoms with Crippen molar-refractivity contribution in [3.63, 3.8) is 0 Å². The second-order valence-corrected chi connectivity index (χ2v) is 11.0. The lowest BCUT2D eigenvalue weighted by molar-refractivity contribution is -0.107. The first-order valence-corrected chi connectivity index (χ1v) is 12.5. The number of aldehydes is 1. The molecule has 0 aliphatic carbocycles. The van der Waals surface area contributed by atoms with Gasteiger partial charge in [-0.05, 0) is 50.1 Å². The Kier molecular flexibility index (Phi) is 6.29. The molecule has 0 N–H and O–H groups in total. The van der Waals surface area contributed by atoms with Gasteiger partial charge in [0.2, 0.25) is 0 Å². The lowest BCUT2D eigenvalue weighted by Gasteiger charge is -2.49. The Balaban J connectivity index is 1.90. The first-order valence-electron chi connectivity index (χ1n) is 10.8. The molecule has 1 unspecified atom stereocenters. The highest BCUT2D eigenvalue weighted by molar-refractivity contribution is 7.67. The summed E-state index contributed by atoms with van der Waals surface area (Å²) >= 11 is 0. The SMILES string of the molecule is Cc1ccc(N2CCCN(c3ccc(C)cc3)P2(=O)C(CC=O)c2ccccc2)cc1. The van der Waals surface area contributed by atoms with Crippen LogP contribution in [0.25, 0.3) is 0 Å². The van der Waals surface area contributed by atoms with Gasteiger partial charge in [-0.3, -0.25) is 4.57 Å². The molecule has 160 valence electrons. The van der Waals surface area contributed by atoms with Gasteiger partial charge >= 0.3 is 0 Å². The number of aryl methyl sites for hydroxylation is 2. The lowest BCUT2D eigenvalue weighted by atomic mass is 10.1. The number of carbonyl (C=O) groups excluding carboxylic acids is 1. The maximum absolute atomic E-state index is 15.2. The van der Waals surface area contributed by atoms with Crippen LogP contribution in [-0.4, -0.2) is 19.4 Å². The molecule has 3 aromatic carbocycles. The van der Waals surface area contributed by atoms with Crippen LogP contribution in [-0.2, 0) is 9.36 Å². The zero-order valence-corrected chi connectivity index (χ0v) is 19.0. The summed E-state index contributed by atoms with van der Waals surface area (Å²) in [4.78, 5) is 11.8. The van der Waals surface area contributed by atoms with Gasteiger partial charge in [0.15, 0.2) is 0 Å². The molecule has 4 rings (SSSR count). The third kappa shape index (κ3) is 4.18.